The average molecular weight is 263 g/mol. The summed E-state index contributed by atoms with van der Waals surface area (Å²) in [5.74, 6) is 0. The number of aldehydes is 1. The summed E-state index contributed by atoms with van der Waals surface area (Å²) in [6.07, 6.45) is 0.689. The molecule has 1 fully saturated rings. The topological polar surface area (TPSA) is 66.7 Å². The zero-order chi connectivity index (χ0) is 13.8. The molecule has 0 spiro atoms. The summed E-state index contributed by atoms with van der Waals surface area (Å²) in [5, 5.41) is 11.1. The quantitative estimate of drug-likeness (QED) is 0.468. The highest BCUT2D eigenvalue weighted by Gasteiger charge is 2.25. The Bertz CT molecular complexity index is 482. The molecule has 0 radical (unpaired) electrons. The van der Waals surface area contributed by atoms with Crippen LogP contribution in [0.3, 0.4) is 0 Å². The summed E-state index contributed by atoms with van der Waals surface area (Å²) >= 11 is 0. The van der Waals surface area contributed by atoms with Crippen LogP contribution in [0.25, 0.3) is 0 Å². The highest BCUT2D eigenvalue weighted by atomic mass is 16.6. The zero-order valence-corrected chi connectivity index (χ0v) is 10.9. The van der Waals surface area contributed by atoms with Crippen molar-refractivity contribution in [1.82, 2.24) is 4.90 Å². The third-order valence-electron chi connectivity index (χ3n) is 3.51. The summed E-state index contributed by atoms with van der Waals surface area (Å²) in [6.45, 7) is 6.21. The highest BCUT2D eigenvalue weighted by molar-refractivity contribution is 5.89. The number of rotatable bonds is 4. The molecular formula is C13H17N3O3. The van der Waals surface area contributed by atoms with Gasteiger partial charge in [-0.2, -0.15) is 0 Å². The van der Waals surface area contributed by atoms with E-state index >= 15 is 0 Å². The predicted octanol–water partition coefficient (Wildman–Crippen LogP) is 1.55. The molecule has 0 unspecified atom stereocenters. The van der Waals surface area contributed by atoms with Crippen molar-refractivity contribution in [3.8, 4) is 0 Å². The van der Waals surface area contributed by atoms with Crippen molar-refractivity contribution in [3.05, 3.63) is 33.9 Å². The van der Waals surface area contributed by atoms with Crippen LogP contribution in [-0.4, -0.2) is 48.8 Å². The number of nitrogens with zero attached hydrogens (tertiary/aromatic N) is 3. The molecule has 19 heavy (non-hydrogen) atoms. The van der Waals surface area contributed by atoms with E-state index in [-0.39, 0.29) is 5.69 Å². The minimum Gasteiger partial charge on any atom is -0.363 e. The SMILES string of the molecule is CCN1CCN(c2c(C=O)cccc2[N+](=O)[O-])CC1. The molecule has 0 saturated carbocycles. The Kier molecular flexibility index (Phi) is 4.11. The lowest BCUT2D eigenvalue weighted by molar-refractivity contribution is -0.384. The van der Waals surface area contributed by atoms with Crippen LogP contribution in [0.4, 0.5) is 11.4 Å². The fourth-order valence-electron chi connectivity index (χ4n) is 2.42. The van der Waals surface area contributed by atoms with Crippen LogP contribution in [-0.2, 0) is 0 Å². The number of nitro groups is 1. The molecule has 0 atom stereocenters. The van der Waals surface area contributed by atoms with Gasteiger partial charge in [-0.3, -0.25) is 14.9 Å². The van der Waals surface area contributed by atoms with Crippen LogP contribution in [0.1, 0.15) is 17.3 Å². The number of anilines is 1. The Morgan fingerprint density at radius 2 is 2.00 bits per heavy atom. The fraction of sp³-hybridized carbons (Fsp3) is 0.462. The number of nitro benzene ring substituents is 1. The molecule has 1 aliphatic rings. The minimum atomic E-state index is -0.422. The molecule has 1 saturated heterocycles. The van der Waals surface area contributed by atoms with Gasteiger partial charge in [0.2, 0.25) is 0 Å². The summed E-state index contributed by atoms with van der Waals surface area (Å²) in [7, 11) is 0. The van der Waals surface area contributed by atoms with E-state index < -0.39 is 4.92 Å². The van der Waals surface area contributed by atoms with Crippen molar-refractivity contribution < 1.29 is 9.72 Å². The van der Waals surface area contributed by atoms with Gasteiger partial charge in [0.1, 0.15) is 5.69 Å². The van der Waals surface area contributed by atoms with E-state index in [2.05, 4.69) is 11.8 Å². The van der Waals surface area contributed by atoms with Crippen LogP contribution < -0.4 is 4.90 Å². The number of carbonyl (C=O) groups excluding carboxylic acids is 1. The predicted molar refractivity (Wildman–Crippen MR) is 72.8 cm³/mol. The van der Waals surface area contributed by atoms with E-state index in [0.29, 0.717) is 30.6 Å². The van der Waals surface area contributed by atoms with E-state index in [1.165, 1.54) is 6.07 Å². The summed E-state index contributed by atoms with van der Waals surface area (Å²) in [4.78, 5) is 26.0. The molecule has 1 aliphatic heterocycles. The number of piperazine rings is 1. The van der Waals surface area contributed by atoms with Gasteiger partial charge in [-0.15, -0.1) is 0 Å². The molecule has 0 aromatic heterocycles. The van der Waals surface area contributed by atoms with Crippen molar-refractivity contribution >= 4 is 17.7 Å². The maximum Gasteiger partial charge on any atom is 0.293 e. The molecule has 6 heteroatoms. The van der Waals surface area contributed by atoms with Crippen LogP contribution >= 0.6 is 0 Å². The van der Waals surface area contributed by atoms with Gasteiger partial charge in [0.05, 0.1) is 4.92 Å². The second-order valence-electron chi connectivity index (χ2n) is 4.51. The summed E-state index contributed by atoms with van der Waals surface area (Å²) in [6, 6.07) is 4.63. The Morgan fingerprint density at radius 3 is 2.53 bits per heavy atom. The van der Waals surface area contributed by atoms with E-state index in [0.717, 1.165) is 19.6 Å². The molecule has 1 aromatic carbocycles. The lowest BCUT2D eigenvalue weighted by Gasteiger charge is -2.35. The lowest BCUT2D eigenvalue weighted by Crippen LogP contribution is -2.46. The summed E-state index contributed by atoms with van der Waals surface area (Å²) in [5.41, 5.74) is 0.854. The molecule has 102 valence electrons. The Labute approximate surface area is 111 Å². The first kappa shape index (κ1) is 13.5. The molecule has 6 nitrogen and oxygen atoms in total. The number of hydrogen-bond acceptors (Lipinski definition) is 5. The Balaban J connectivity index is 2.33. The molecule has 2 rings (SSSR count). The molecule has 1 heterocycles. The highest BCUT2D eigenvalue weighted by Crippen LogP contribution is 2.31. The van der Waals surface area contributed by atoms with Crippen molar-refractivity contribution in [2.24, 2.45) is 0 Å². The van der Waals surface area contributed by atoms with Gasteiger partial charge >= 0.3 is 0 Å². The molecule has 0 aliphatic carbocycles. The van der Waals surface area contributed by atoms with Crippen LogP contribution in [0.15, 0.2) is 18.2 Å². The molecular weight excluding hydrogens is 246 g/mol. The zero-order valence-electron chi connectivity index (χ0n) is 10.9. The first-order chi connectivity index (χ1) is 9.17. The van der Waals surface area contributed by atoms with Crippen molar-refractivity contribution in [3.63, 3.8) is 0 Å². The second-order valence-corrected chi connectivity index (χ2v) is 4.51. The fourth-order valence-corrected chi connectivity index (χ4v) is 2.42. The van der Waals surface area contributed by atoms with Gasteiger partial charge in [0.25, 0.3) is 5.69 Å². The number of para-hydroxylation sites is 1. The van der Waals surface area contributed by atoms with Crippen molar-refractivity contribution in [2.45, 2.75) is 6.92 Å². The molecule has 0 amide bonds. The van der Waals surface area contributed by atoms with Gasteiger partial charge in [0.15, 0.2) is 6.29 Å². The summed E-state index contributed by atoms with van der Waals surface area (Å²) < 4.78 is 0. The van der Waals surface area contributed by atoms with E-state index in [1.807, 2.05) is 4.90 Å². The molecule has 0 N–H and O–H groups in total. The van der Waals surface area contributed by atoms with E-state index in [1.54, 1.807) is 12.1 Å². The largest absolute Gasteiger partial charge is 0.363 e. The smallest absolute Gasteiger partial charge is 0.293 e. The van der Waals surface area contributed by atoms with Crippen molar-refractivity contribution in [2.75, 3.05) is 37.6 Å². The number of carbonyl (C=O) groups is 1. The van der Waals surface area contributed by atoms with Gasteiger partial charge in [-0.05, 0) is 12.6 Å². The lowest BCUT2D eigenvalue weighted by atomic mass is 10.1. The maximum absolute atomic E-state index is 11.1. The minimum absolute atomic E-state index is 0.00884. The normalized spacial score (nSPS) is 16.4. The monoisotopic (exact) mass is 263 g/mol. The first-order valence-electron chi connectivity index (χ1n) is 6.37. The Hall–Kier alpha value is -1.95. The third kappa shape index (κ3) is 2.73. The number of hydrogen-bond donors (Lipinski definition) is 0. The van der Waals surface area contributed by atoms with Crippen LogP contribution in [0.5, 0.6) is 0 Å². The molecule has 1 aromatic rings. The van der Waals surface area contributed by atoms with Gasteiger partial charge in [-0.25, -0.2) is 0 Å². The van der Waals surface area contributed by atoms with Gasteiger partial charge < -0.3 is 9.80 Å². The third-order valence-corrected chi connectivity index (χ3v) is 3.51. The van der Waals surface area contributed by atoms with E-state index in [9.17, 15) is 14.9 Å². The Morgan fingerprint density at radius 1 is 1.32 bits per heavy atom. The maximum atomic E-state index is 11.1. The number of likely N-dealkylation sites (N-methyl/N-ethyl adjacent to an activating group) is 1. The van der Waals surface area contributed by atoms with Crippen LogP contribution in [0, 0.1) is 10.1 Å². The van der Waals surface area contributed by atoms with Crippen molar-refractivity contribution in [1.29, 1.82) is 0 Å². The van der Waals surface area contributed by atoms with Crippen LogP contribution in [0.2, 0.25) is 0 Å². The second kappa shape index (κ2) is 5.79. The first-order valence-corrected chi connectivity index (χ1v) is 6.37. The molecule has 0 bridgehead atoms. The van der Waals surface area contributed by atoms with E-state index in [4.69, 9.17) is 0 Å². The van der Waals surface area contributed by atoms with Gasteiger partial charge in [-0.1, -0.05) is 13.0 Å². The van der Waals surface area contributed by atoms with Gasteiger partial charge in [0, 0.05) is 37.8 Å². The standard InChI is InChI=1S/C13H17N3O3/c1-2-14-6-8-15(9-7-14)13-11(10-17)4-3-5-12(13)16(18)19/h3-5,10H,2,6-9H2,1H3. The number of benzene rings is 1. The average Bonchev–Trinajstić information content (AvgIpc) is 2.46.